The predicted octanol–water partition coefficient (Wildman–Crippen LogP) is 1.25. The van der Waals surface area contributed by atoms with Gasteiger partial charge in [0.15, 0.2) is 5.09 Å². The van der Waals surface area contributed by atoms with Crippen LogP contribution >= 0.6 is 0 Å². The van der Waals surface area contributed by atoms with E-state index in [0.717, 1.165) is 0 Å². The van der Waals surface area contributed by atoms with E-state index in [1.54, 1.807) is 0 Å². The van der Waals surface area contributed by atoms with E-state index in [0.29, 0.717) is 12.5 Å². The molecule has 0 aromatic carbocycles. The van der Waals surface area contributed by atoms with Gasteiger partial charge in [0, 0.05) is 6.54 Å². The Morgan fingerprint density at radius 1 is 1.37 bits per heavy atom. The third-order valence-electron chi connectivity index (χ3n) is 2.37. The van der Waals surface area contributed by atoms with Gasteiger partial charge in [-0.2, -0.15) is 0 Å². The van der Waals surface area contributed by atoms with Crippen LogP contribution in [0.2, 0.25) is 0 Å². The van der Waals surface area contributed by atoms with Gasteiger partial charge < -0.3 is 14.8 Å². The molecule has 0 saturated carbocycles. The molecule has 0 spiro atoms. The predicted molar refractivity (Wildman–Crippen MR) is 69.4 cm³/mol. The standard InChI is InChI=1S/C12H17NO5S/c1-7(2)6-13-11(14)8(3)19(17)10-5-4-9(18-10)12(15)16/h4-5,7-8H,6H2,1-3H3,(H,13,14)(H,15,16). The maximum Gasteiger partial charge on any atom is 0.371 e. The van der Waals surface area contributed by atoms with Crippen LogP contribution in [0, 0.1) is 5.92 Å². The van der Waals surface area contributed by atoms with Crippen LogP contribution in [0.4, 0.5) is 0 Å². The van der Waals surface area contributed by atoms with Crippen LogP contribution in [-0.2, 0) is 15.6 Å². The van der Waals surface area contributed by atoms with Crippen molar-refractivity contribution in [1.29, 1.82) is 0 Å². The van der Waals surface area contributed by atoms with E-state index in [-0.39, 0.29) is 16.8 Å². The Labute approximate surface area is 113 Å². The summed E-state index contributed by atoms with van der Waals surface area (Å²) in [6, 6.07) is 2.53. The third-order valence-corrected chi connectivity index (χ3v) is 3.84. The van der Waals surface area contributed by atoms with E-state index in [9.17, 15) is 13.8 Å². The summed E-state index contributed by atoms with van der Waals surface area (Å²) in [5.74, 6) is -1.58. The highest BCUT2D eigenvalue weighted by atomic mass is 32.2. The van der Waals surface area contributed by atoms with Crippen molar-refractivity contribution in [2.75, 3.05) is 6.54 Å². The molecular formula is C12H17NO5S. The monoisotopic (exact) mass is 287 g/mol. The van der Waals surface area contributed by atoms with Gasteiger partial charge in [0.1, 0.15) is 16.0 Å². The lowest BCUT2D eigenvalue weighted by atomic mass is 10.2. The molecule has 0 aliphatic rings. The first-order valence-corrected chi connectivity index (χ1v) is 7.05. The highest BCUT2D eigenvalue weighted by molar-refractivity contribution is 7.86. The van der Waals surface area contributed by atoms with Crippen molar-refractivity contribution in [2.45, 2.75) is 31.1 Å². The molecule has 0 saturated heterocycles. The van der Waals surface area contributed by atoms with Crippen LogP contribution in [0.1, 0.15) is 31.3 Å². The summed E-state index contributed by atoms with van der Waals surface area (Å²) >= 11 is 0. The van der Waals surface area contributed by atoms with Gasteiger partial charge in [-0.25, -0.2) is 4.79 Å². The number of hydrogen-bond acceptors (Lipinski definition) is 4. The number of furan rings is 1. The van der Waals surface area contributed by atoms with Crippen LogP contribution in [0.25, 0.3) is 0 Å². The summed E-state index contributed by atoms with van der Waals surface area (Å²) in [5, 5.41) is 10.6. The lowest BCUT2D eigenvalue weighted by molar-refractivity contribution is -0.120. The van der Waals surface area contributed by atoms with Crippen LogP contribution in [-0.4, -0.2) is 33.0 Å². The number of carbonyl (C=O) groups is 2. The van der Waals surface area contributed by atoms with Gasteiger partial charge in [-0.15, -0.1) is 0 Å². The molecule has 1 aromatic heterocycles. The van der Waals surface area contributed by atoms with Gasteiger partial charge in [-0.1, -0.05) is 13.8 Å². The number of hydrogen-bond donors (Lipinski definition) is 2. The Kier molecular flexibility index (Phi) is 5.29. The topological polar surface area (TPSA) is 96.6 Å². The summed E-state index contributed by atoms with van der Waals surface area (Å²) in [7, 11) is -1.71. The van der Waals surface area contributed by atoms with Gasteiger partial charge in [-0.3, -0.25) is 9.00 Å². The summed E-state index contributed by atoms with van der Waals surface area (Å²) in [6.07, 6.45) is 0. The Balaban J connectivity index is 2.70. The van der Waals surface area contributed by atoms with Gasteiger partial charge in [0.05, 0.1) is 0 Å². The number of rotatable bonds is 6. The first kappa shape index (κ1) is 15.4. The summed E-state index contributed by atoms with van der Waals surface area (Å²) < 4.78 is 17.0. The van der Waals surface area contributed by atoms with Crippen LogP contribution < -0.4 is 5.32 Å². The van der Waals surface area contributed by atoms with E-state index in [4.69, 9.17) is 9.52 Å². The first-order chi connectivity index (χ1) is 8.82. The minimum atomic E-state index is -1.71. The Hall–Kier alpha value is -1.63. The Morgan fingerprint density at radius 2 is 2.00 bits per heavy atom. The minimum absolute atomic E-state index is 0.00963. The number of carbonyl (C=O) groups excluding carboxylic acids is 1. The lowest BCUT2D eigenvalue weighted by Gasteiger charge is -2.12. The molecule has 0 aliphatic carbocycles. The summed E-state index contributed by atoms with van der Waals surface area (Å²) in [4.78, 5) is 22.4. The fourth-order valence-electron chi connectivity index (χ4n) is 1.26. The first-order valence-electron chi connectivity index (χ1n) is 5.84. The van der Waals surface area contributed by atoms with Crippen molar-refractivity contribution in [1.82, 2.24) is 5.32 Å². The number of carboxylic acid groups (broad SMARTS) is 1. The molecule has 2 N–H and O–H groups in total. The van der Waals surface area contributed by atoms with Crippen LogP contribution in [0.15, 0.2) is 21.6 Å². The fourth-order valence-corrected chi connectivity index (χ4v) is 2.26. The van der Waals surface area contributed by atoms with Crippen molar-refractivity contribution in [2.24, 2.45) is 5.92 Å². The molecule has 106 valence electrons. The number of carboxylic acids is 1. The highest BCUT2D eigenvalue weighted by Gasteiger charge is 2.24. The molecule has 0 aliphatic heterocycles. The largest absolute Gasteiger partial charge is 0.475 e. The van der Waals surface area contributed by atoms with Crippen molar-refractivity contribution in [3.63, 3.8) is 0 Å². The summed E-state index contributed by atoms with van der Waals surface area (Å²) in [5.41, 5.74) is 0. The average molecular weight is 287 g/mol. The Morgan fingerprint density at radius 3 is 2.47 bits per heavy atom. The van der Waals surface area contributed by atoms with Crippen LogP contribution in [0.5, 0.6) is 0 Å². The lowest BCUT2D eigenvalue weighted by Crippen LogP contribution is -2.37. The molecule has 1 rings (SSSR count). The Bertz CT molecular complexity index is 494. The molecule has 0 bridgehead atoms. The normalized spacial score (nSPS) is 14.1. The molecule has 7 heteroatoms. The molecular weight excluding hydrogens is 270 g/mol. The molecule has 2 unspecified atom stereocenters. The molecule has 1 amide bonds. The maximum absolute atomic E-state index is 12.0. The van der Waals surface area contributed by atoms with Gasteiger partial charge >= 0.3 is 5.97 Å². The molecule has 6 nitrogen and oxygen atoms in total. The average Bonchev–Trinajstić information content (AvgIpc) is 2.83. The second-order valence-corrected chi connectivity index (χ2v) is 6.21. The molecule has 1 aromatic rings. The summed E-state index contributed by atoms with van der Waals surface area (Å²) in [6.45, 7) is 5.91. The second-order valence-electron chi connectivity index (χ2n) is 4.50. The fraction of sp³-hybridized carbons (Fsp3) is 0.500. The van der Waals surface area contributed by atoms with E-state index < -0.39 is 22.0 Å². The number of amides is 1. The zero-order chi connectivity index (χ0) is 14.6. The van der Waals surface area contributed by atoms with E-state index in [1.807, 2.05) is 13.8 Å². The van der Waals surface area contributed by atoms with E-state index in [2.05, 4.69) is 5.32 Å². The van der Waals surface area contributed by atoms with Crippen molar-refractivity contribution >= 4 is 22.7 Å². The molecule has 2 atom stereocenters. The van der Waals surface area contributed by atoms with Gasteiger partial charge in [0.2, 0.25) is 11.7 Å². The zero-order valence-corrected chi connectivity index (χ0v) is 11.8. The van der Waals surface area contributed by atoms with E-state index >= 15 is 0 Å². The second kappa shape index (κ2) is 6.51. The van der Waals surface area contributed by atoms with Crippen molar-refractivity contribution < 1.29 is 23.3 Å². The third kappa shape index (κ3) is 4.20. The highest BCUT2D eigenvalue weighted by Crippen LogP contribution is 2.15. The van der Waals surface area contributed by atoms with Crippen molar-refractivity contribution in [3.8, 4) is 0 Å². The van der Waals surface area contributed by atoms with Gasteiger partial charge in [0.25, 0.3) is 0 Å². The number of aromatic carboxylic acids is 1. The zero-order valence-electron chi connectivity index (χ0n) is 11.0. The maximum atomic E-state index is 12.0. The minimum Gasteiger partial charge on any atom is -0.475 e. The van der Waals surface area contributed by atoms with E-state index in [1.165, 1.54) is 19.1 Å². The van der Waals surface area contributed by atoms with Crippen molar-refractivity contribution in [3.05, 3.63) is 17.9 Å². The smallest absolute Gasteiger partial charge is 0.371 e. The molecule has 0 fully saturated rings. The molecule has 19 heavy (non-hydrogen) atoms. The quantitative estimate of drug-likeness (QED) is 0.820. The van der Waals surface area contributed by atoms with Gasteiger partial charge in [-0.05, 0) is 25.0 Å². The molecule has 0 radical (unpaired) electrons. The SMILES string of the molecule is CC(C)CNC(=O)C(C)S(=O)c1ccc(C(=O)O)o1. The number of nitrogens with one attached hydrogen (secondary N) is 1. The molecule has 1 heterocycles. The van der Waals surface area contributed by atoms with Crippen LogP contribution in [0.3, 0.4) is 0 Å².